The zero-order chi connectivity index (χ0) is 20.1. The van der Waals surface area contributed by atoms with Gasteiger partial charge in [-0.25, -0.2) is 9.78 Å². The first-order chi connectivity index (χ1) is 13.5. The van der Waals surface area contributed by atoms with Crippen molar-refractivity contribution in [1.82, 2.24) is 15.2 Å². The number of rotatable bonds is 7. The Labute approximate surface area is 168 Å². The van der Waals surface area contributed by atoms with Crippen LogP contribution in [0.15, 0.2) is 48.7 Å². The molecule has 0 radical (unpaired) electrons. The molecular weight excluding hydrogens is 380 g/mol. The number of urea groups is 1. The van der Waals surface area contributed by atoms with Crippen LogP contribution < -0.4 is 10.6 Å². The van der Waals surface area contributed by atoms with Gasteiger partial charge in [0.1, 0.15) is 12.1 Å². The lowest BCUT2D eigenvalue weighted by molar-refractivity contribution is -0.134. The van der Waals surface area contributed by atoms with Gasteiger partial charge in [-0.15, -0.1) is 0 Å². The van der Waals surface area contributed by atoms with E-state index in [4.69, 9.17) is 11.6 Å². The number of carbonyl (C=O) groups is 3. The first kappa shape index (κ1) is 19.8. The zero-order valence-electron chi connectivity index (χ0n) is 15.4. The van der Waals surface area contributed by atoms with Crippen LogP contribution in [0.4, 0.5) is 10.5 Å². The molecule has 1 unspecified atom stereocenters. The van der Waals surface area contributed by atoms with Gasteiger partial charge in [0, 0.05) is 6.20 Å². The van der Waals surface area contributed by atoms with E-state index in [1.165, 1.54) is 6.20 Å². The maximum atomic E-state index is 13.2. The summed E-state index contributed by atoms with van der Waals surface area (Å²) in [7, 11) is 0. The molecule has 4 amide bonds. The molecule has 2 heterocycles. The number of hydrogen-bond donors (Lipinski definition) is 2. The van der Waals surface area contributed by atoms with Gasteiger partial charge in [0.2, 0.25) is 5.91 Å². The van der Waals surface area contributed by atoms with Crippen molar-refractivity contribution < 1.29 is 14.4 Å². The molecule has 0 spiro atoms. The Morgan fingerprint density at radius 1 is 1.21 bits per heavy atom. The van der Waals surface area contributed by atoms with Crippen molar-refractivity contribution in [3.8, 4) is 0 Å². The van der Waals surface area contributed by atoms with Crippen molar-refractivity contribution in [2.45, 2.75) is 31.7 Å². The number of aromatic nitrogens is 1. The summed E-state index contributed by atoms with van der Waals surface area (Å²) in [5.41, 5.74) is -0.123. The Kier molecular flexibility index (Phi) is 5.94. The maximum absolute atomic E-state index is 13.2. The van der Waals surface area contributed by atoms with Crippen molar-refractivity contribution in [1.29, 1.82) is 0 Å². The van der Waals surface area contributed by atoms with Crippen LogP contribution in [0.1, 0.15) is 31.7 Å². The fourth-order valence-electron chi connectivity index (χ4n) is 3.26. The van der Waals surface area contributed by atoms with E-state index in [2.05, 4.69) is 15.6 Å². The van der Waals surface area contributed by atoms with Crippen LogP contribution in [0.3, 0.4) is 0 Å². The number of nitrogens with one attached hydrogen (secondary N) is 2. The number of anilines is 1. The third kappa shape index (κ3) is 3.84. The molecule has 0 aliphatic carbocycles. The van der Waals surface area contributed by atoms with Crippen LogP contribution in [0.25, 0.3) is 0 Å². The smallest absolute Gasteiger partial charge is 0.322 e. The summed E-state index contributed by atoms with van der Waals surface area (Å²) in [6, 6.07) is 11.7. The van der Waals surface area contributed by atoms with E-state index >= 15 is 0 Å². The normalized spacial score (nSPS) is 18.9. The first-order valence-electron chi connectivity index (χ1n) is 9.08. The Morgan fingerprint density at radius 2 is 1.96 bits per heavy atom. The highest BCUT2D eigenvalue weighted by atomic mass is 35.5. The number of pyridine rings is 1. The molecule has 8 heteroatoms. The number of halogens is 1. The average molecular weight is 401 g/mol. The zero-order valence-corrected chi connectivity index (χ0v) is 16.2. The molecule has 0 bridgehead atoms. The number of benzene rings is 1. The van der Waals surface area contributed by atoms with E-state index in [0.717, 1.165) is 17.7 Å². The first-order valence-corrected chi connectivity index (χ1v) is 9.45. The quantitative estimate of drug-likeness (QED) is 0.551. The molecule has 1 saturated heterocycles. The molecule has 28 heavy (non-hydrogen) atoms. The van der Waals surface area contributed by atoms with Gasteiger partial charge in [-0.05, 0) is 24.1 Å². The van der Waals surface area contributed by atoms with Crippen LogP contribution in [-0.4, -0.2) is 34.3 Å². The van der Waals surface area contributed by atoms with Gasteiger partial charge in [0.25, 0.3) is 5.91 Å². The van der Waals surface area contributed by atoms with Crippen LogP contribution in [0, 0.1) is 0 Å². The van der Waals surface area contributed by atoms with Gasteiger partial charge in [-0.1, -0.05) is 61.7 Å². The number of carbonyl (C=O) groups excluding carboxylic acids is 3. The van der Waals surface area contributed by atoms with E-state index in [1.807, 2.05) is 37.3 Å². The van der Waals surface area contributed by atoms with Crippen molar-refractivity contribution in [2.24, 2.45) is 0 Å². The summed E-state index contributed by atoms with van der Waals surface area (Å²) in [5.74, 6) is -0.956. The molecule has 2 N–H and O–H groups in total. The number of hydrogen-bond acceptors (Lipinski definition) is 4. The molecule has 1 aromatic carbocycles. The third-order valence-corrected chi connectivity index (χ3v) is 4.98. The second-order valence-electron chi connectivity index (χ2n) is 6.59. The lowest BCUT2D eigenvalue weighted by Gasteiger charge is -2.27. The predicted octanol–water partition coefficient (Wildman–Crippen LogP) is 3.31. The molecular formula is C20H21ClN4O3. The molecule has 7 nitrogen and oxygen atoms in total. The Bertz CT molecular complexity index is 890. The molecule has 1 aromatic heterocycles. The second-order valence-corrected chi connectivity index (χ2v) is 6.94. The van der Waals surface area contributed by atoms with Crippen LogP contribution in [0.2, 0.25) is 5.15 Å². The fraction of sp³-hybridized carbons (Fsp3) is 0.300. The van der Waals surface area contributed by atoms with Crippen LogP contribution in [-0.2, 0) is 15.1 Å². The Hall–Kier alpha value is -2.93. The molecule has 146 valence electrons. The van der Waals surface area contributed by atoms with E-state index in [1.54, 1.807) is 12.1 Å². The average Bonchev–Trinajstić information content (AvgIpc) is 2.94. The van der Waals surface area contributed by atoms with Crippen LogP contribution >= 0.6 is 11.6 Å². The molecule has 1 fully saturated rings. The standard InChI is InChI=1S/C20H21ClN4O3/c1-2-3-11-20(14-8-5-4-6-9-14)18(27)25(19(28)24-20)13-16(26)23-15-10-7-12-22-17(15)21/h4-10,12H,2-3,11,13H2,1H3,(H,23,26)(H,24,28). The minimum Gasteiger partial charge on any atom is -0.322 e. The molecule has 2 aromatic rings. The maximum Gasteiger partial charge on any atom is 0.325 e. The summed E-state index contributed by atoms with van der Waals surface area (Å²) in [5, 5.41) is 5.53. The summed E-state index contributed by atoms with van der Waals surface area (Å²) >= 11 is 5.94. The number of unbranched alkanes of at least 4 members (excludes halogenated alkanes) is 1. The lowest BCUT2D eigenvalue weighted by Crippen LogP contribution is -2.44. The van der Waals surface area contributed by atoms with Gasteiger partial charge >= 0.3 is 6.03 Å². The van der Waals surface area contributed by atoms with Gasteiger partial charge in [0.05, 0.1) is 5.69 Å². The van der Waals surface area contributed by atoms with Gasteiger partial charge in [-0.3, -0.25) is 14.5 Å². The van der Waals surface area contributed by atoms with Crippen molar-refractivity contribution in [3.05, 3.63) is 59.4 Å². The van der Waals surface area contributed by atoms with E-state index in [9.17, 15) is 14.4 Å². The molecule has 1 atom stereocenters. The highest BCUT2D eigenvalue weighted by Crippen LogP contribution is 2.34. The van der Waals surface area contributed by atoms with E-state index in [-0.39, 0.29) is 5.15 Å². The van der Waals surface area contributed by atoms with Gasteiger partial charge in [0.15, 0.2) is 5.15 Å². The highest BCUT2D eigenvalue weighted by molar-refractivity contribution is 6.32. The molecule has 3 rings (SSSR count). The topological polar surface area (TPSA) is 91.4 Å². The minimum atomic E-state index is -1.15. The third-order valence-electron chi connectivity index (χ3n) is 4.68. The lowest BCUT2D eigenvalue weighted by atomic mass is 9.85. The van der Waals surface area contributed by atoms with Gasteiger partial charge in [-0.2, -0.15) is 0 Å². The highest BCUT2D eigenvalue weighted by Gasteiger charge is 2.52. The van der Waals surface area contributed by atoms with Crippen molar-refractivity contribution in [3.63, 3.8) is 0 Å². The van der Waals surface area contributed by atoms with E-state index < -0.39 is 29.9 Å². The fourth-order valence-corrected chi connectivity index (χ4v) is 3.42. The van der Waals surface area contributed by atoms with Crippen molar-refractivity contribution in [2.75, 3.05) is 11.9 Å². The van der Waals surface area contributed by atoms with Crippen molar-refractivity contribution >= 4 is 35.1 Å². The van der Waals surface area contributed by atoms with Crippen LogP contribution in [0.5, 0.6) is 0 Å². The molecule has 1 aliphatic heterocycles. The molecule has 1 aliphatic rings. The number of nitrogens with zero attached hydrogens (tertiary/aromatic N) is 2. The number of amides is 4. The summed E-state index contributed by atoms with van der Waals surface area (Å²) in [6.45, 7) is 1.61. The van der Waals surface area contributed by atoms with E-state index in [0.29, 0.717) is 17.7 Å². The predicted molar refractivity (Wildman–Crippen MR) is 106 cm³/mol. The Morgan fingerprint density at radius 3 is 2.64 bits per heavy atom. The number of imide groups is 1. The molecule has 0 saturated carbocycles. The monoisotopic (exact) mass is 400 g/mol. The Balaban J connectivity index is 1.81. The largest absolute Gasteiger partial charge is 0.325 e. The second kappa shape index (κ2) is 8.39. The summed E-state index contributed by atoms with van der Waals surface area (Å²) < 4.78 is 0. The SMILES string of the molecule is CCCCC1(c2ccccc2)NC(=O)N(CC(=O)Nc2cccnc2Cl)C1=O. The summed E-state index contributed by atoms with van der Waals surface area (Å²) in [4.78, 5) is 43.0. The van der Waals surface area contributed by atoms with Gasteiger partial charge < -0.3 is 10.6 Å². The minimum absolute atomic E-state index is 0.134. The summed E-state index contributed by atoms with van der Waals surface area (Å²) in [6.07, 6.45) is 3.59.